The molecule has 0 unspecified atom stereocenters. The van der Waals surface area contributed by atoms with Crippen molar-refractivity contribution in [2.75, 3.05) is 5.75 Å². The molecule has 2 heterocycles. The van der Waals surface area contributed by atoms with Crippen molar-refractivity contribution in [2.45, 2.75) is 57.0 Å². The van der Waals surface area contributed by atoms with Crippen molar-refractivity contribution >= 4 is 15.7 Å². The first kappa shape index (κ1) is 25.3. The Hall–Kier alpha value is -3.34. The van der Waals surface area contributed by atoms with Crippen LogP contribution in [-0.4, -0.2) is 47.0 Å². The lowest BCUT2D eigenvalue weighted by molar-refractivity contribution is -0.189. The molecule has 0 spiro atoms. The summed E-state index contributed by atoms with van der Waals surface area (Å²) in [4.78, 5) is 14.8. The Morgan fingerprint density at radius 1 is 1.16 bits per heavy atom. The van der Waals surface area contributed by atoms with E-state index >= 15 is 0 Å². The maximum atomic E-state index is 13.5. The third kappa shape index (κ3) is 5.36. The highest BCUT2D eigenvalue weighted by Crippen LogP contribution is 2.35. The first-order chi connectivity index (χ1) is 17.4. The highest BCUT2D eigenvalue weighted by Gasteiger charge is 2.39. The molecule has 1 saturated carbocycles. The number of aromatic nitrogens is 2. The first-order valence-corrected chi connectivity index (χ1v) is 13.6. The number of fused-ring (bicyclic) bond motifs is 1. The molecule has 0 saturated heterocycles. The Morgan fingerprint density at radius 2 is 1.92 bits per heavy atom. The number of alkyl halides is 3. The van der Waals surface area contributed by atoms with Crippen LogP contribution in [0.1, 0.15) is 46.9 Å². The van der Waals surface area contributed by atoms with E-state index in [4.69, 9.17) is 4.74 Å². The van der Waals surface area contributed by atoms with Crippen molar-refractivity contribution in [3.63, 3.8) is 0 Å². The molecule has 0 N–H and O–H groups in total. The number of aryl methyl sites for hydroxylation is 1. The summed E-state index contributed by atoms with van der Waals surface area (Å²) in [5, 5.41) is 4.57. The van der Waals surface area contributed by atoms with Crippen LogP contribution in [0, 0.1) is 12.8 Å². The number of nitrogens with zero attached hydrogens (tertiary/aromatic N) is 3. The van der Waals surface area contributed by atoms with Crippen molar-refractivity contribution in [1.82, 2.24) is 14.7 Å². The van der Waals surface area contributed by atoms with E-state index in [1.807, 2.05) is 37.4 Å². The standard InChI is InChI=1S/C26H26F3N3O4S/c1-16-4-3-5-20(10-16)32-13-19-12-31(14-23(19)30-32)25(33)22-11-21(37(34,35)15-18-6-7-18)8-9-24(22)36-17(2)26(27,28)29/h3-5,8-11,13,17-18H,6-7,12,14-15H2,1-2H3/t17-/m0/s1. The van der Waals surface area contributed by atoms with Crippen molar-refractivity contribution in [3.8, 4) is 11.4 Å². The van der Waals surface area contributed by atoms with Gasteiger partial charge in [0, 0.05) is 18.3 Å². The molecule has 5 rings (SSSR count). The zero-order chi connectivity index (χ0) is 26.5. The number of hydrogen-bond acceptors (Lipinski definition) is 5. The minimum Gasteiger partial charge on any atom is -0.480 e. The van der Waals surface area contributed by atoms with Crippen LogP contribution in [0.3, 0.4) is 0 Å². The zero-order valence-electron chi connectivity index (χ0n) is 20.3. The van der Waals surface area contributed by atoms with E-state index in [-0.39, 0.29) is 41.0 Å². The van der Waals surface area contributed by atoms with Gasteiger partial charge in [0.2, 0.25) is 0 Å². The third-order valence-electron chi connectivity index (χ3n) is 6.59. The molecule has 1 amide bonds. The largest absolute Gasteiger partial charge is 0.480 e. The smallest absolute Gasteiger partial charge is 0.425 e. The Kier molecular flexibility index (Phi) is 6.29. The normalized spacial score (nSPS) is 16.5. The monoisotopic (exact) mass is 533 g/mol. The minimum atomic E-state index is -4.65. The summed E-state index contributed by atoms with van der Waals surface area (Å²) >= 11 is 0. The molecule has 196 valence electrons. The summed E-state index contributed by atoms with van der Waals surface area (Å²) in [5.41, 5.74) is 3.20. The van der Waals surface area contributed by atoms with E-state index in [9.17, 15) is 26.4 Å². The van der Waals surface area contributed by atoms with Crippen LogP contribution < -0.4 is 4.74 Å². The molecule has 1 aliphatic carbocycles. The summed E-state index contributed by atoms with van der Waals surface area (Å²) in [6.45, 7) is 3.14. The molecule has 0 radical (unpaired) electrons. The molecule has 37 heavy (non-hydrogen) atoms. The number of ether oxygens (including phenoxy) is 1. The summed E-state index contributed by atoms with van der Waals surface area (Å²) < 4.78 is 72.1. The van der Waals surface area contributed by atoms with Gasteiger partial charge in [-0.3, -0.25) is 4.79 Å². The van der Waals surface area contributed by atoms with E-state index in [0.29, 0.717) is 5.69 Å². The van der Waals surface area contributed by atoms with Gasteiger partial charge in [0.05, 0.1) is 34.1 Å². The van der Waals surface area contributed by atoms with Crippen LogP contribution >= 0.6 is 0 Å². The predicted molar refractivity (Wildman–Crippen MR) is 129 cm³/mol. The van der Waals surface area contributed by atoms with Crippen LogP contribution in [0.25, 0.3) is 5.69 Å². The first-order valence-electron chi connectivity index (χ1n) is 11.9. The van der Waals surface area contributed by atoms with Crippen molar-refractivity contribution < 1.29 is 31.1 Å². The quantitative estimate of drug-likeness (QED) is 0.434. The second-order valence-corrected chi connectivity index (χ2v) is 11.8. The van der Waals surface area contributed by atoms with E-state index in [1.54, 1.807) is 4.68 Å². The molecule has 1 aromatic heterocycles. The summed E-state index contributed by atoms with van der Waals surface area (Å²) in [7, 11) is -3.70. The summed E-state index contributed by atoms with van der Waals surface area (Å²) in [6.07, 6.45) is -3.38. The lowest BCUT2D eigenvalue weighted by Gasteiger charge is -2.22. The van der Waals surface area contributed by atoms with Crippen LogP contribution in [0.2, 0.25) is 0 Å². The summed E-state index contributed by atoms with van der Waals surface area (Å²) in [5.74, 6) is -0.908. The van der Waals surface area contributed by atoms with Crippen LogP contribution in [-0.2, 0) is 22.9 Å². The minimum absolute atomic E-state index is 0.0536. The van der Waals surface area contributed by atoms with Gasteiger partial charge in [-0.25, -0.2) is 13.1 Å². The number of carbonyl (C=O) groups excluding carboxylic acids is 1. The molecular weight excluding hydrogens is 507 g/mol. The highest BCUT2D eigenvalue weighted by molar-refractivity contribution is 7.91. The molecular formula is C26H26F3N3O4S. The lowest BCUT2D eigenvalue weighted by atomic mass is 10.1. The van der Waals surface area contributed by atoms with E-state index in [2.05, 4.69) is 5.10 Å². The third-order valence-corrected chi connectivity index (χ3v) is 8.47. The molecule has 1 fully saturated rings. The Morgan fingerprint density at radius 3 is 2.57 bits per heavy atom. The maximum Gasteiger partial charge on any atom is 0.425 e. The van der Waals surface area contributed by atoms with Gasteiger partial charge in [-0.05, 0) is 68.5 Å². The van der Waals surface area contributed by atoms with E-state index < -0.39 is 28.0 Å². The fraction of sp³-hybridized carbons (Fsp3) is 0.385. The molecule has 7 nitrogen and oxygen atoms in total. The second kappa shape index (κ2) is 9.20. The number of carbonyl (C=O) groups is 1. The van der Waals surface area contributed by atoms with Crippen molar-refractivity contribution in [3.05, 3.63) is 71.0 Å². The Labute approximate surface area is 212 Å². The fourth-order valence-corrected chi connectivity index (χ4v) is 6.01. The number of benzene rings is 2. The predicted octanol–water partition coefficient (Wildman–Crippen LogP) is 4.85. The fourth-order valence-electron chi connectivity index (χ4n) is 4.29. The molecule has 2 aromatic carbocycles. The van der Waals surface area contributed by atoms with Gasteiger partial charge in [0.25, 0.3) is 5.91 Å². The van der Waals surface area contributed by atoms with Crippen LogP contribution in [0.4, 0.5) is 13.2 Å². The average molecular weight is 534 g/mol. The Balaban J connectivity index is 1.43. The van der Waals surface area contributed by atoms with Crippen LogP contribution in [0.5, 0.6) is 5.75 Å². The van der Waals surface area contributed by atoms with Crippen molar-refractivity contribution in [2.24, 2.45) is 5.92 Å². The lowest BCUT2D eigenvalue weighted by Crippen LogP contribution is -2.33. The Bertz CT molecular complexity index is 1440. The number of sulfone groups is 1. The van der Waals surface area contributed by atoms with Gasteiger partial charge in [-0.15, -0.1) is 0 Å². The van der Waals surface area contributed by atoms with Gasteiger partial charge in [0.15, 0.2) is 15.9 Å². The van der Waals surface area contributed by atoms with Gasteiger partial charge in [-0.2, -0.15) is 18.3 Å². The maximum absolute atomic E-state index is 13.5. The van der Waals surface area contributed by atoms with Crippen molar-refractivity contribution in [1.29, 1.82) is 0 Å². The van der Waals surface area contributed by atoms with Gasteiger partial charge >= 0.3 is 6.18 Å². The molecule has 1 atom stereocenters. The van der Waals surface area contributed by atoms with Gasteiger partial charge in [0.1, 0.15) is 5.75 Å². The number of halogens is 3. The number of amides is 1. The molecule has 1 aliphatic heterocycles. The molecule has 11 heteroatoms. The number of rotatable bonds is 7. The van der Waals surface area contributed by atoms with Gasteiger partial charge < -0.3 is 9.64 Å². The molecule has 0 bridgehead atoms. The molecule has 2 aliphatic rings. The second-order valence-electron chi connectivity index (χ2n) is 9.73. The average Bonchev–Trinajstić information content (AvgIpc) is 3.39. The van der Waals surface area contributed by atoms with Gasteiger partial charge in [-0.1, -0.05) is 12.1 Å². The summed E-state index contributed by atoms with van der Waals surface area (Å²) in [6, 6.07) is 11.3. The highest BCUT2D eigenvalue weighted by atomic mass is 32.2. The topological polar surface area (TPSA) is 81.5 Å². The van der Waals surface area contributed by atoms with E-state index in [0.717, 1.165) is 48.7 Å². The van der Waals surface area contributed by atoms with Crippen LogP contribution in [0.15, 0.2) is 53.6 Å². The zero-order valence-corrected chi connectivity index (χ0v) is 21.1. The SMILES string of the molecule is Cc1cccc(-n2cc3c(n2)CN(C(=O)c2cc(S(=O)(=O)CC4CC4)ccc2O[C@@H](C)C(F)(F)F)C3)c1. The molecule has 3 aromatic rings. The van der Waals surface area contributed by atoms with E-state index in [1.165, 1.54) is 11.0 Å². The number of hydrogen-bond donors (Lipinski definition) is 0.